The van der Waals surface area contributed by atoms with Crippen molar-refractivity contribution in [2.45, 2.75) is 18.6 Å². The molecule has 7 heteroatoms. The summed E-state index contributed by atoms with van der Waals surface area (Å²) in [6.07, 6.45) is 2.88. The van der Waals surface area contributed by atoms with Gasteiger partial charge in [0, 0.05) is 0 Å². The van der Waals surface area contributed by atoms with E-state index in [1.807, 2.05) is 0 Å². The Labute approximate surface area is 143 Å². The fourth-order valence-electron chi connectivity index (χ4n) is 3.92. The van der Waals surface area contributed by atoms with Crippen LogP contribution in [0.25, 0.3) is 0 Å². The molecule has 0 spiro atoms. The van der Waals surface area contributed by atoms with Crippen molar-refractivity contribution in [3.8, 4) is 0 Å². The van der Waals surface area contributed by atoms with Crippen molar-refractivity contribution in [2.24, 2.45) is 11.8 Å². The lowest BCUT2D eigenvalue weighted by atomic mass is 9.77. The van der Waals surface area contributed by atoms with Crippen LogP contribution in [0.5, 0.6) is 0 Å². The first-order valence-electron chi connectivity index (χ1n) is 8.15. The minimum atomic E-state index is -1.13. The largest absolute Gasteiger partial charge is 0.462 e. The van der Waals surface area contributed by atoms with Crippen molar-refractivity contribution in [3.05, 3.63) is 42.0 Å². The molecular weight excluding hydrogens is 326 g/mol. The van der Waals surface area contributed by atoms with Gasteiger partial charge < -0.3 is 14.6 Å². The Balaban J connectivity index is 1.70. The number of imide groups is 1. The number of ether oxygens (including phenoxy) is 2. The first-order chi connectivity index (χ1) is 12.0. The molecule has 1 N–H and O–H groups in total. The minimum absolute atomic E-state index is 0.235. The molecule has 0 unspecified atom stereocenters. The van der Waals surface area contributed by atoms with Crippen molar-refractivity contribution in [1.29, 1.82) is 0 Å². The number of fused-ring (bicyclic) bond motifs is 5. The topological polar surface area (TPSA) is 93.1 Å². The van der Waals surface area contributed by atoms with E-state index in [0.29, 0.717) is 5.69 Å². The monoisotopic (exact) mass is 343 g/mol. The fourth-order valence-corrected chi connectivity index (χ4v) is 3.92. The first kappa shape index (κ1) is 16.0. The number of hydrogen-bond acceptors (Lipinski definition) is 6. The molecule has 2 saturated heterocycles. The lowest BCUT2D eigenvalue weighted by molar-refractivity contribution is -0.128. The van der Waals surface area contributed by atoms with Crippen LogP contribution in [0.1, 0.15) is 17.3 Å². The molecule has 0 saturated carbocycles. The van der Waals surface area contributed by atoms with Crippen LogP contribution in [-0.2, 0) is 19.1 Å². The maximum absolute atomic E-state index is 12.9. The van der Waals surface area contributed by atoms with Gasteiger partial charge in [-0.3, -0.25) is 9.59 Å². The quantitative estimate of drug-likeness (QED) is 0.491. The summed E-state index contributed by atoms with van der Waals surface area (Å²) < 4.78 is 10.7. The highest BCUT2D eigenvalue weighted by Gasteiger charge is 2.67. The lowest BCUT2D eigenvalue weighted by Crippen LogP contribution is -2.43. The van der Waals surface area contributed by atoms with Crippen LogP contribution in [0.15, 0.2) is 36.4 Å². The zero-order valence-electron chi connectivity index (χ0n) is 13.5. The number of esters is 1. The molecule has 3 heterocycles. The second kappa shape index (κ2) is 5.50. The molecule has 2 amide bonds. The highest BCUT2D eigenvalue weighted by atomic mass is 16.5. The van der Waals surface area contributed by atoms with Crippen molar-refractivity contribution in [2.75, 3.05) is 18.1 Å². The zero-order chi connectivity index (χ0) is 17.8. The van der Waals surface area contributed by atoms with Gasteiger partial charge in [0.25, 0.3) is 0 Å². The molecule has 2 bridgehead atoms. The number of nitrogens with zero attached hydrogens (tertiary/aromatic N) is 1. The van der Waals surface area contributed by atoms with E-state index >= 15 is 0 Å². The third kappa shape index (κ3) is 2.09. The fraction of sp³-hybridized carbons (Fsp3) is 0.389. The molecule has 0 aliphatic carbocycles. The van der Waals surface area contributed by atoms with E-state index < -0.39 is 35.4 Å². The van der Waals surface area contributed by atoms with Gasteiger partial charge in [0.1, 0.15) is 5.60 Å². The van der Waals surface area contributed by atoms with Gasteiger partial charge in [-0.05, 0) is 25.1 Å². The third-order valence-corrected chi connectivity index (χ3v) is 5.02. The molecule has 0 radical (unpaired) electrons. The Morgan fingerprint density at radius 3 is 2.88 bits per heavy atom. The minimum Gasteiger partial charge on any atom is -0.462 e. The predicted molar refractivity (Wildman–Crippen MR) is 85.7 cm³/mol. The third-order valence-electron chi connectivity index (χ3n) is 5.02. The molecule has 1 aromatic rings. The number of carbonyl (C=O) groups is 3. The van der Waals surface area contributed by atoms with Gasteiger partial charge in [-0.1, -0.05) is 18.2 Å². The highest BCUT2D eigenvalue weighted by molar-refractivity contribution is 6.23. The molecule has 4 rings (SSSR count). The molecular formula is C18H17NO6. The number of rotatable bonds is 4. The Bertz CT molecular complexity index is 803. The van der Waals surface area contributed by atoms with E-state index in [-0.39, 0.29) is 24.7 Å². The second-order valence-corrected chi connectivity index (χ2v) is 6.34. The first-order valence-corrected chi connectivity index (χ1v) is 8.15. The summed E-state index contributed by atoms with van der Waals surface area (Å²) >= 11 is 0. The summed E-state index contributed by atoms with van der Waals surface area (Å²) in [5.74, 6) is -2.69. The Morgan fingerprint density at radius 1 is 1.36 bits per heavy atom. The van der Waals surface area contributed by atoms with Crippen LogP contribution in [-0.4, -0.2) is 47.8 Å². The van der Waals surface area contributed by atoms with Crippen LogP contribution in [0.4, 0.5) is 5.69 Å². The summed E-state index contributed by atoms with van der Waals surface area (Å²) in [4.78, 5) is 38.8. The summed E-state index contributed by atoms with van der Waals surface area (Å²) in [6, 6.07) is 6.23. The SMILES string of the molecule is CCOC(=O)c1cccc(N2C(=O)[C@@H]3[C@@H](C2=O)[C@]2(CO)C=C[C@H]3O2)c1. The second-order valence-electron chi connectivity index (χ2n) is 6.34. The molecule has 130 valence electrons. The molecule has 4 atom stereocenters. The van der Waals surface area contributed by atoms with Crippen LogP contribution < -0.4 is 4.90 Å². The maximum Gasteiger partial charge on any atom is 0.338 e. The average molecular weight is 343 g/mol. The Morgan fingerprint density at radius 2 is 2.16 bits per heavy atom. The molecule has 1 aromatic carbocycles. The molecule has 3 aliphatic rings. The smallest absolute Gasteiger partial charge is 0.338 e. The van der Waals surface area contributed by atoms with E-state index in [1.54, 1.807) is 37.3 Å². The van der Waals surface area contributed by atoms with Crippen LogP contribution in [0, 0.1) is 11.8 Å². The summed E-state index contributed by atoms with van der Waals surface area (Å²) in [5, 5.41) is 9.71. The van der Waals surface area contributed by atoms with E-state index in [4.69, 9.17) is 9.47 Å². The van der Waals surface area contributed by atoms with Gasteiger partial charge >= 0.3 is 5.97 Å². The number of benzene rings is 1. The van der Waals surface area contributed by atoms with Crippen LogP contribution >= 0.6 is 0 Å². The van der Waals surface area contributed by atoms with E-state index in [2.05, 4.69) is 0 Å². The lowest BCUT2D eigenvalue weighted by Gasteiger charge is -2.26. The van der Waals surface area contributed by atoms with Crippen LogP contribution in [0.2, 0.25) is 0 Å². The highest BCUT2D eigenvalue weighted by Crippen LogP contribution is 2.52. The number of amides is 2. The Kier molecular flexibility index (Phi) is 3.52. The normalized spacial score (nSPS) is 32.4. The number of aliphatic hydroxyl groups is 1. The molecule has 3 aliphatic heterocycles. The van der Waals surface area contributed by atoms with Gasteiger partial charge in [0.2, 0.25) is 11.8 Å². The number of aliphatic hydroxyl groups excluding tert-OH is 1. The van der Waals surface area contributed by atoms with E-state index in [0.717, 1.165) is 4.90 Å². The van der Waals surface area contributed by atoms with Gasteiger partial charge in [-0.15, -0.1) is 0 Å². The maximum atomic E-state index is 12.9. The van der Waals surface area contributed by atoms with E-state index in [1.165, 1.54) is 6.07 Å². The van der Waals surface area contributed by atoms with Crippen molar-refractivity contribution < 1.29 is 29.0 Å². The van der Waals surface area contributed by atoms with Crippen molar-refractivity contribution >= 4 is 23.5 Å². The predicted octanol–water partition coefficient (Wildman–Crippen LogP) is 0.669. The van der Waals surface area contributed by atoms with Crippen molar-refractivity contribution in [1.82, 2.24) is 0 Å². The molecule has 2 fully saturated rings. The summed E-state index contributed by atoms with van der Waals surface area (Å²) in [6.45, 7) is 1.57. The van der Waals surface area contributed by atoms with Crippen LogP contribution in [0.3, 0.4) is 0 Å². The van der Waals surface area contributed by atoms with Gasteiger partial charge in [-0.25, -0.2) is 9.69 Å². The molecule has 25 heavy (non-hydrogen) atoms. The summed E-state index contributed by atoms with van der Waals surface area (Å²) in [7, 11) is 0. The van der Waals surface area contributed by atoms with Gasteiger partial charge in [0.15, 0.2) is 0 Å². The number of anilines is 1. The van der Waals surface area contributed by atoms with Gasteiger partial charge in [-0.2, -0.15) is 0 Å². The standard InChI is InChI=1S/C18H17NO6/c1-2-24-17(23)10-4-3-5-11(8-10)19-15(21)13-12-6-7-18(9-20,25-12)14(13)16(19)22/h3-8,12-14,20H,2,9H2,1H3/t12-,13+,14+,18-/m1/s1. The number of hydrogen-bond donors (Lipinski definition) is 1. The number of carbonyl (C=O) groups excluding carboxylic acids is 3. The van der Waals surface area contributed by atoms with Crippen molar-refractivity contribution in [3.63, 3.8) is 0 Å². The Hall–Kier alpha value is -2.51. The summed E-state index contributed by atoms with van der Waals surface area (Å²) in [5.41, 5.74) is -0.538. The zero-order valence-corrected chi connectivity index (χ0v) is 13.5. The van der Waals surface area contributed by atoms with E-state index in [9.17, 15) is 19.5 Å². The molecule has 7 nitrogen and oxygen atoms in total. The van der Waals surface area contributed by atoms with Gasteiger partial charge in [0.05, 0.1) is 42.4 Å². The average Bonchev–Trinajstić information content (AvgIpc) is 3.26. The molecule has 0 aromatic heterocycles.